The topological polar surface area (TPSA) is 20.5 Å². The van der Waals surface area contributed by atoms with Gasteiger partial charge in [0.2, 0.25) is 0 Å². The highest BCUT2D eigenvalue weighted by atomic mass is 15.1. The molecule has 0 bridgehead atoms. The summed E-state index contributed by atoms with van der Waals surface area (Å²) in [4.78, 5) is 7.10. The number of fused-ring (bicyclic) bond motifs is 3. The highest BCUT2D eigenvalue weighted by Crippen LogP contribution is 2.30. The summed E-state index contributed by atoms with van der Waals surface area (Å²) in [6.07, 6.45) is 7.40. The van der Waals surface area contributed by atoms with Gasteiger partial charge >= 0.3 is 0 Å². The van der Waals surface area contributed by atoms with Crippen molar-refractivity contribution < 1.29 is 0 Å². The summed E-state index contributed by atoms with van der Waals surface area (Å²) >= 11 is 0. The van der Waals surface area contributed by atoms with E-state index in [4.69, 9.17) is 0 Å². The molecular weight excluding hydrogens is 294 g/mol. The van der Waals surface area contributed by atoms with E-state index in [0.29, 0.717) is 0 Å². The normalized spacial score (nSPS) is 15.5. The molecule has 0 radical (unpaired) electrons. The lowest BCUT2D eigenvalue weighted by Crippen LogP contribution is -2.30. The molecule has 2 heterocycles. The van der Waals surface area contributed by atoms with E-state index in [0.717, 1.165) is 24.7 Å². The minimum absolute atomic E-state index is 0.936. The van der Waals surface area contributed by atoms with Crippen molar-refractivity contribution in [1.82, 2.24) is 14.3 Å². The molecule has 1 saturated carbocycles. The summed E-state index contributed by atoms with van der Waals surface area (Å²) < 4.78 is 2.34. The van der Waals surface area contributed by atoms with Crippen LogP contribution < -0.4 is 0 Å². The first kappa shape index (κ1) is 15.6. The number of likely N-dealkylation sites (N-methyl/N-ethyl adjacent to an activating group) is 1. The quantitative estimate of drug-likeness (QED) is 0.695. The van der Waals surface area contributed by atoms with Gasteiger partial charge in [-0.3, -0.25) is 4.40 Å². The van der Waals surface area contributed by atoms with Crippen LogP contribution >= 0.6 is 0 Å². The molecule has 24 heavy (non-hydrogen) atoms. The van der Waals surface area contributed by atoms with Gasteiger partial charge in [0.1, 0.15) is 5.82 Å². The van der Waals surface area contributed by atoms with Gasteiger partial charge in [0.15, 0.2) is 0 Å². The maximum absolute atomic E-state index is 4.58. The van der Waals surface area contributed by atoms with Gasteiger partial charge in [-0.2, -0.15) is 0 Å². The van der Waals surface area contributed by atoms with E-state index >= 15 is 0 Å². The standard InChI is InChI=1S/C21H27N3/c1-15-13-22-16(2)24-20-10-5-4-9-18(20)19(21(15)24)11-12-23(3)14-17-7-6-8-17/h4-5,9-10,13,17H,6-8,11-12,14H2,1-3H3. The lowest BCUT2D eigenvalue weighted by molar-refractivity contribution is 0.207. The van der Waals surface area contributed by atoms with Crippen molar-refractivity contribution in [2.24, 2.45) is 5.92 Å². The monoisotopic (exact) mass is 321 g/mol. The van der Waals surface area contributed by atoms with Gasteiger partial charge in [-0.05, 0) is 63.3 Å². The minimum atomic E-state index is 0.936. The molecule has 0 aliphatic heterocycles. The van der Waals surface area contributed by atoms with Gasteiger partial charge in [0.25, 0.3) is 0 Å². The van der Waals surface area contributed by atoms with E-state index in [2.05, 4.69) is 59.4 Å². The molecule has 0 unspecified atom stereocenters. The first-order chi connectivity index (χ1) is 11.6. The molecule has 0 amide bonds. The third-order valence-corrected chi connectivity index (χ3v) is 5.66. The minimum Gasteiger partial charge on any atom is -0.306 e. The lowest BCUT2D eigenvalue weighted by Gasteiger charge is -2.30. The summed E-state index contributed by atoms with van der Waals surface area (Å²) in [5.74, 6) is 2.01. The first-order valence-corrected chi connectivity index (χ1v) is 9.18. The molecule has 4 rings (SSSR count). The molecule has 1 aliphatic rings. The van der Waals surface area contributed by atoms with Crippen molar-refractivity contribution in [2.45, 2.75) is 39.5 Å². The Morgan fingerprint density at radius 1 is 1.21 bits per heavy atom. The molecule has 0 saturated heterocycles. The Morgan fingerprint density at radius 2 is 2.00 bits per heavy atom. The van der Waals surface area contributed by atoms with E-state index in [9.17, 15) is 0 Å². The van der Waals surface area contributed by atoms with E-state index in [-0.39, 0.29) is 0 Å². The van der Waals surface area contributed by atoms with Crippen molar-refractivity contribution in [1.29, 1.82) is 0 Å². The van der Waals surface area contributed by atoms with Crippen LogP contribution in [-0.2, 0) is 6.42 Å². The smallest absolute Gasteiger partial charge is 0.110 e. The highest BCUT2D eigenvalue weighted by Gasteiger charge is 2.20. The average molecular weight is 321 g/mol. The van der Waals surface area contributed by atoms with E-state index in [1.165, 1.54) is 53.4 Å². The largest absolute Gasteiger partial charge is 0.306 e. The van der Waals surface area contributed by atoms with E-state index < -0.39 is 0 Å². The number of hydrogen-bond acceptors (Lipinski definition) is 2. The second-order valence-electron chi connectivity index (χ2n) is 7.48. The van der Waals surface area contributed by atoms with Crippen LogP contribution in [0.2, 0.25) is 0 Å². The summed E-state index contributed by atoms with van der Waals surface area (Å²) in [5, 5.41) is 1.38. The number of aromatic nitrogens is 2. The summed E-state index contributed by atoms with van der Waals surface area (Å²) in [5.41, 5.74) is 5.40. The SMILES string of the molecule is Cc1cnc(C)n2c1c(CCN(C)CC1CCC1)c1ccccc12. The van der Waals surface area contributed by atoms with Gasteiger partial charge < -0.3 is 4.90 Å². The molecular formula is C21H27N3. The van der Waals surface area contributed by atoms with Crippen LogP contribution in [0.5, 0.6) is 0 Å². The summed E-state index contributed by atoms with van der Waals surface area (Å²) in [6, 6.07) is 8.77. The maximum atomic E-state index is 4.58. The van der Waals surface area contributed by atoms with Crippen LogP contribution in [0.4, 0.5) is 0 Å². The van der Waals surface area contributed by atoms with Crippen molar-refractivity contribution in [3.8, 4) is 0 Å². The van der Waals surface area contributed by atoms with Crippen molar-refractivity contribution >= 4 is 16.4 Å². The number of para-hydroxylation sites is 1. The molecule has 0 N–H and O–H groups in total. The van der Waals surface area contributed by atoms with Crippen LogP contribution in [0.15, 0.2) is 30.5 Å². The Balaban J connectivity index is 1.71. The van der Waals surface area contributed by atoms with Crippen molar-refractivity contribution in [3.05, 3.63) is 47.4 Å². The Morgan fingerprint density at radius 3 is 2.75 bits per heavy atom. The molecule has 1 aliphatic carbocycles. The lowest BCUT2D eigenvalue weighted by atomic mass is 9.85. The van der Waals surface area contributed by atoms with Crippen LogP contribution in [0.25, 0.3) is 16.4 Å². The van der Waals surface area contributed by atoms with Gasteiger partial charge in [-0.15, -0.1) is 0 Å². The Kier molecular flexibility index (Phi) is 4.05. The Bertz CT molecular complexity index is 874. The van der Waals surface area contributed by atoms with Crippen LogP contribution in [0, 0.1) is 19.8 Å². The molecule has 1 fully saturated rings. The van der Waals surface area contributed by atoms with Crippen molar-refractivity contribution in [2.75, 3.05) is 20.1 Å². The second kappa shape index (κ2) is 6.21. The maximum Gasteiger partial charge on any atom is 0.110 e. The zero-order chi connectivity index (χ0) is 16.7. The van der Waals surface area contributed by atoms with Crippen LogP contribution in [0.3, 0.4) is 0 Å². The fraction of sp³-hybridized carbons (Fsp3) is 0.476. The number of hydrogen-bond donors (Lipinski definition) is 0. The van der Waals surface area contributed by atoms with Gasteiger partial charge in [-0.1, -0.05) is 24.6 Å². The zero-order valence-electron chi connectivity index (χ0n) is 15.0. The second-order valence-corrected chi connectivity index (χ2v) is 7.48. The third kappa shape index (κ3) is 2.61. The first-order valence-electron chi connectivity index (χ1n) is 9.18. The average Bonchev–Trinajstić information content (AvgIpc) is 2.88. The molecule has 0 atom stereocenters. The fourth-order valence-electron chi connectivity index (χ4n) is 4.13. The molecule has 3 aromatic rings. The summed E-state index contributed by atoms with van der Waals surface area (Å²) in [7, 11) is 2.28. The number of benzene rings is 1. The molecule has 0 spiro atoms. The zero-order valence-corrected chi connectivity index (χ0v) is 15.0. The third-order valence-electron chi connectivity index (χ3n) is 5.66. The molecule has 3 nitrogen and oxygen atoms in total. The van der Waals surface area contributed by atoms with Crippen molar-refractivity contribution in [3.63, 3.8) is 0 Å². The predicted octanol–water partition coefficient (Wildman–Crippen LogP) is 4.38. The van der Waals surface area contributed by atoms with E-state index in [1.54, 1.807) is 0 Å². The molecule has 3 heteroatoms. The molecule has 2 aromatic heterocycles. The van der Waals surface area contributed by atoms with Crippen LogP contribution in [0.1, 0.15) is 36.2 Å². The number of nitrogens with zero attached hydrogens (tertiary/aromatic N) is 3. The van der Waals surface area contributed by atoms with E-state index in [1.807, 2.05) is 6.20 Å². The molecule has 126 valence electrons. The fourth-order valence-corrected chi connectivity index (χ4v) is 4.13. The Hall–Kier alpha value is -1.87. The van der Waals surface area contributed by atoms with Gasteiger partial charge in [0, 0.05) is 24.7 Å². The number of rotatable bonds is 5. The van der Waals surface area contributed by atoms with Gasteiger partial charge in [0.05, 0.1) is 11.0 Å². The molecule has 1 aromatic carbocycles. The number of aryl methyl sites for hydroxylation is 2. The summed E-state index contributed by atoms with van der Waals surface area (Å²) in [6.45, 7) is 6.66. The highest BCUT2D eigenvalue weighted by molar-refractivity contribution is 5.93. The van der Waals surface area contributed by atoms with Gasteiger partial charge in [-0.25, -0.2) is 4.98 Å². The predicted molar refractivity (Wildman–Crippen MR) is 101 cm³/mol. The Labute approximate surface area is 144 Å². The van der Waals surface area contributed by atoms with Crippen LogP contribution in [-0.4, -0.2) is 34.4 Å².